The number of carbonyl (C=O) groups is 3. The third-order valence-electron chi connectivity index (χ3n) is 9.65. The molecule has 0 aromatic heterocycles. The van der Waals surface area contributed by atoms with Crippen molar-refractivity contribution in [2.24, 2.45) is 0 Å². The largest absolute Gasteiger partial charge is 0.462 e. The van der Waals surface area contributed by atoms with Crippen molar-refractivity contribution < 1.29 is 28.6 Å². The molecule has 0 aliphatic heterocycles. The molecule has 0 bridgehead atoms. The minimum Gasteiger partial charge on any atom is -0.462 e. The fourth-order valence-corrected chi connectivity index (χ4v) is 5.95. The molecule has 65 heavy (non-hydrogen) atoms. The summed E-state index contributed by atoms with van der Waals surface area (Å²) in [6, 6.07) is 0. The highest BCUT2D eigenvalue weighted by molar-refractivity contribution is 5.71. The number of ether oxygens (including phenoxy) is 3. The van der Waals surface area contributed by atoms with Crippen LogP contribution in [0.4, 0.5) is 0 Å². The fraction of sp³-hybridized carbons (Fsp3) is 0.508. The van der Waals surface area contributed by atoms with Crippen LogP contribution in [0.5, 0.6) is 0 Å². The van der Waals surface area contributed by atoms with Crippen molar-refractivity contribution in [3.8, 4) is 0 Å². The molecule has 1 unspecified atom stereocenters. The monoisotopic (exact) mass is 893 g/mol. The number of hydrogen-bond donors (Lipinski definition) is 0. The van der Waals surface area contributed by atoms with Gasteiger partial charge in [-0.1, -0.05) is 217 Å². The molecule has 0 amide bonds. The predicted molar refractivity (Wildman–Crippen MR) is 278 cm³/mol. The van der Waals surface area contributed by atoms with Crippen molar-refractivity contribution in [3.05, 3.63) is 158 Å². The molecule has 360 valence electrons. The van der Waals surface area contributed by atoms with Gasteiger partial charge in [0.25, 0.3) is 0 Å². The molecule has 6 heteroatoms. The van der Waals surface area contributed by atoms with Gasteiger partial charge in [0.15, 0.2) is 6.10 Å². The van der Waals surface area contributed by atoms with Gasteiger partial charge in [-0.15, -0.1) is 0 Å². The average Bonchev–Trinajstić information content (AvgIpc) is 3.30. The summed E-state index contributed by atoms with van der Waals surface area (Å²) in [4.78, 5) is 37.9. The Balaban J connectivity index is 4.68. The summed E-state index contributed by atoms with van der Waals surface area (Å²) in [5, 5.41) is 0. The molecule has 0 radical (unpaired) electrons. The van der Waals surface area contributed by atoms with Gasteiger partial charge in [0.2, 0.25) is 0 Å². The maximum atomic E-state index is 12.8. The highest BCUT2D eigenvalue weighted by Crippen LogP contribution is 2.10. The lowest BCUT2D eigenvalue weighted by atomic mass is 10.1. The van der Waals surface area contributed by atoms with E-state index in [1.165, 1.54) is 38.5 Å². The molecule has 0 saturated heterocycles. The van der Waals surface area contributed by atoms with Crippen molar-refractivity contribution in [3.63, 3.8) is 0 Å². The van der Waals surface area contributed by atoms with Crippen molar-refractivity contribution in [1.82, 2.24) is 0 Å². The summed E-state index contributed by atoms with van der Waals surface area (Å²) in [6.07, 6.45) is 75.3. The number of esters is 3. The fourth-order valence-electron chi connectivity index (χ4n) is 5.95. The van der Waals surface area contributed by atoms with E-state index in [1.54, 1.807) is 0 Å². The van der Waals surface area contributed by atoms with Crippen LogP contribution < -0.4 is 0 Å². The van der Waals surface area contributed by atoms with E-state index in [4.69, 9.17) is 14.2 Å². The van der Waals surface area contributed by atoms with E-state index in [2.05, 4.69) is 112 Å². The third-order valence-corrected chi connectivity index (χ3v) is 9.65. The minimum atomic E-state index is -0.860. The van der Waals surface area contributed by atoms with Crippen LogP contribution in [0, 0.1) is 0 Å². The molecule has 0 aromatic rings. The molecular formula is C59H88O6. The second-order valence-electron chi connectivity index (χ2n) is 15.7. The smallest absolute Gasteiger partial charge is 0.306 e. The molecule has 0 aromatic carbocycles. The lowest BCUT2D eigenvalue weighted by molar-refractivity contribution is -0.166. The van der Waals surface area contributed by atoms with E-state index in [9.17, 15) is 14.4 Å². The van der Waals surface area contributed by atoms with Crippen molar-refractivity contribution in [2.75, 3.05) is 13.2 Å². The van der Waals surface area contributed by atoms with Crippen LogP contribution in [0.2, 0.25) is 0 Å². The van der Waals surface area contributed by atoms with Gasteiger partial charge in [0.1, 0.15) is 13.2 Å². The zero-order valence-corrected chi connectivity index (χ0v) is 40.9. The van der Waals surface area contributed by atoms with Crippen molar-refractivity contribution >= 4 is 17.9 Å². The van der Waals surface area contributed by atoms with Gasteiger partial charge in [-0.3, -0.25) is 14.4 Å². The SMILES string of the molecule is CC/C=C/C=C/C=C/C=C/C=C/CCCCCC(=O)OC(COC(=O)CC/C=C/C/C=C/C/C=C/C/C=C/C/C=C/C/C=C/CC)COC(=O)CC/C=C/C/C=C/CCCCCCCC. The molecular weight excluding hydrogens is 805 g/mol. The summed E-state index contributed by atoms with van der Waals surface area (Å²) in [7, 11) is 0. The first kappa shape index (κ1) is 60.0. The maximum Gasteiger partial charge on any atom is 0.306 e. The Morgan fingerprint density at radius 1 is 0.338 bits per heavy atom. The van der Waals surface area contributed by atoms with Gasteiger partial charge >= 0.3 is 17.9 Å². The molecule has 0 aliphatic rings. The van der Waals surface area contributed by atoms with Gasteiger partial charge in [0.05, 0.1) is 0 Å². The van der Waals surface area contributed by atoms with Crippen LogP contribution in [0.15, 0.2) is 158 Å². The van der Waals surface area contributed by atoms with Gasteiger partial charge in [-0.05, 0) is 96.3 Å². The molecule has 0 rings (SSSR count). The lowest BCUT2D eigenvalue weighted by Crippen LogP contribution is -2.30. The first-order valence-electron chi connectivity index (χ1n) is 25.1. The van der Waals surface area contributed by atoms with E-state index in [0.29, 0.717) is 19.3 Å². The molecule has 1 atom stereocenters. The standard InChI is InChI=1S/C59H88O6/c1-4-7-10-13-16-19-22-25-27-28-29-30-32-34-37-40-43-46-49-52-58(61)64-55-56(54-63-57(60)51-48-45-42-39-36-33-24-21-18-15-12-9-6-3)65-59(62)53-50-47-44-41-38-35-31-26-23-20-17-14-11-8-5-2/h7-8,10-11,14,16-17,19-20,23,25-27,29-31,33-38,42-43,45-46,56H,4-6,9,12-13,15,18,21-22,24,28,32,39-41,44,47-55H2,1-3H3/b10-7+,11-8+,17-14+,19-16+,23-20+,27-25+,30-29+,31-26+,36-33+,37-34+,38-35+,45-42+,46-43+. The second-order valence-corrected chi connectivity index (χ2v) is 15.7. The van der Waals surface area contributed by atoms with Gasteiger partial charge < -0.3 is 14.2 Å². The Kier molecular flexibility index (Phi) is 47.7. The van der Waals surface area contributed by atoms with Gasteiger partial charge in [0, 0.05) is 19.3 Å². The van der Waals surface area contributed by atoms with Crippen LogP contribution in [-0.4, -0.2) is 37.2 Å². The van der Waals surface area contributed by atoms with Crippen LogP contribution >= 0.6 is 0 Å². The number of hydrogen-bond acceptors (Lipinski definition) is 6. The first-order chi connectivity index (χ1) is 32.0. The third kappa shape index (κ3) is 49.9. The first-order valence-corrected chi connectivity index (χ1v) is 25.1. The summed E-state index contributed by atoms with van der Waals surface area (Å²) in [5.74, 6) is -1.16. The zero-order valence-electron chi connectivity index (χ0n) is 40.9. The van der Waals surface area contributed by atoms with Crippen LogP contribution in [0.1, 0.15) is 175 Å². The number of unbranched alkanes of at least 4 members (excludes halogenated alkanes) is 9. The number of carbonyl (C=O) groups excluding carboxylic acids is 3. The summed E-state index contributed by atoms with van der Waals surface area (Å²) in [5.41, 5.74) is 0. The number of allylic oxidation sites excluding steroid dienone is 26. The molecule has 0 heterocycles. The molecule has 0 spiro atoms. The van der Waals surface area contributed by atoms with Gasteiger partial charge in [-0.2, -0.15) is 0 Å². The van der Waals surface area contributed by atoms with Crippen molar-refractivity contribution in [1.29, 1.82) is 0 Å². The van der Waals surface area contributed by atoms with Crippen LogP contribution in [0.3, 0.4) is 0 Å². The van der Waals surface area contributed by atoms with E-state index >= 15 is 0 Å². The van der Waals surface area contributed by atoms with E-state index in [0.717, 1.165) is 77.0 Å². The average molecular weight is 893 g/mol. The predicted octanol–water partition coefficient (Wildman–Crippen LogP) is 16.6. The lowest BCUT2D eigenvalue weighted by Gasteiger charge is -2.18. The molecule has 0 fully saturated rings. The highest BCUT2D eigenvalue weighted by Gasteiger charge is 2.19. The maximum absolute atomic E-state index is 12.8. The van der Waals surface area contributed by atoms with E-state index in [1.807, 2.05) is 66.8 Å². The molecule has 6 nitrogen and oxygen atoms in total. The molecule has 0 aliphatic carbocycles. The molecule has 0 saturated carbocycles. The van der Waals surface area contributed by atoms with E-state index < -0.39 is 18.0 Å². The van der Waals surface area contributed by atoms with Crippen LogP contribution in [0.25, 0.3) is 0 Å². The van der Waals surface area contributed by atoms with Crippen LogP contribution in [-0.2, 0) is 28.6 Å². The van der Waals surface area contributed by atoms with E-state index in [-0.39, 0.29) is 38.4 Å². The highest BCUT2D eigenvalue weighted by atomic mass is 16.6. The summed E-state index contributed by atoms with van der Waals surface area (Å²) in [6.45, 7) is 6.18. The normalized spacial score (nSPS) is 13.5. The minimum absolute atomic E-state index is 0.157. The Bertz CT molecular complexity index is 1540. The summed E-state index contributed by atoms with van der Waals surface area (Å²) < 4.78 is 16.6. The Labute approximate surface area is 397 Å². The molecule has 0 N–H and O–H groups in total. The zero-order chi connectivity index (χ0) is 47.2. The number of rotatable bonds is 42. The van der Waals surface area contributed by atoms with Crippen molar-refractivity contribution in [2.45, 2.75) is 181 Å². The topological polar surface area (TPSA) is 78.9 Å². The Morgan fingerprint density at radius 3 is 1.18 bits per heavy atom. The quantitative estimate of drug-likeness (QED) is 0.0200. The second kappa shape index (κ2) is 51.7. The van der Waals surface area contributed by atoms with Gasteiger partial charge in [-0.25, -0.2) is 0 Å². The Morgan fingerprint density at radius 2 is 0.708 bits per heavy atom. The summed E-state index contributed by atoms with van der Waals surface area (Å²) >= 11 is 0. The Hall–Kier alpha value is -4.97.